The van der Waals surface area contributed by atoms with Gasteiger partial charge in [0.15, 0.2) is 12.3 Å². The SMILES string of the molecule is CCC(=C/c1oc2ccc(Cl)cc2[n+]1CCCCS(=O)(=O)O)/C=C1\Oc2ccc(Cl)cc2N1CCCCS(=O)(=O)[O-]. The van der Waals surface area contributed by atoms with Gasteiger partial charge in [-0.05, 0) is 61.6 Å². The van der Waals surface area contributed by atoms with Crippen LogP contribution in [0.1, 0.15) is 44.9 Å². The lowest BCUT2D eigenvalue weighted by atomic mass is 10.1. The van der Waals surface area contributed by atoms with Crippen LogP contribution in [-0.4, -0.2) is 44.0 Å². The van der Waals surface area contributed by atoms with Gasteiger partial charge in [-0.3, -0.25) is 4.55 Å². The Balaban J connectivity index is 1.65. The molecular formula is C27H30Cl2N2O8S2. The predicted molar refractivity (Wildman–Crippen MR) is 157 cm³/mol. The number of ether oxygens (including phenoxy) is 1. The number of rotatable bonds is 13. The molecule has 0 radical (unpaired) electrons. The quantitative estimate of drug-likeness (QED) is 0.144. The molecule has 0 bridgehead atoms. The van der Waals surface area contributed by atoms with E-state index in [1.807, 2.05) is 28.5 Å². The summed E-state index contributed by atoms with van der Waals surface area (Å²) < 4.78 is 78.7. The molecule has 2 aromatic carbocycles. The van der Waals surface area contributed by atoms with Crippen molar-refractivity contribution in [1.82, 2.24) is 0 Å². The summed E-state index contributed by atoms with van der Waals surface area (Å²) in [7, 11) is -8.35. The molecule has 4 rings (SSSR count). The molecule has 1 N–H and O–H groups in total. The summed E-state index contributed by atoms with van der Waals surface area (Å²) in [4.78, 5) is 1.89. The van der Waals surface area contributed by atoms with Crippen molar-refractivity contribution in [2.24, 2.45) is 0 Å². The van der Waals surface area contributed by atoms with Gasteiger partial charge in [0, 0.05) is 40.9 Å². The molecule has 0 fully saturated rings. The molecule has 0 amide bonds. The molecule has 222 valence electrons. The van der Waals surface area contributed by atoms with Crippen LogP contribution in [0.25, 0.3) is 17.2 Å². The smallest absolute Gasteiger partial charge is 0.374 e. The molecule has 14 heteroatoms. The Bertz CT molecular complexity index is 1700. The van der Waals surface area contributed by atoms with Crippen molar-refractivity contribution in [3.8, 4) is 5.75 Å². The van der Waals surface area contributed by atoms with Gasteiger partial charge in [0.1, 0.15) is 0 Å². The normalized spacial score (nSPS) is 15.1. The van der Waals surface area contributed by atoms with Crippen molar-refractivity contribution in [2.75, 3.05) is 23.0 Å². The highest BCUT2D eigenvalue weighted by atomic mass is 35.5. The van der Waals surface area contributed by atoms with Crippen molar-refractivity contribution in [3.63, 3.8) is 0 Å². The van der Waals surface area contributed by atoms with Crippen molar-refractivity contribution in [1.29, 1.82) is 0 Å². The van der Waals surface area contributed by atoms with Crippen LogP contribution < -0.4 is 14.2 Å². The summed E-state index contributed by atoms with van der Waals surface area (Å²) in [5, 5.41) is 1.04. The minimum Gasteiger partial charge on any atom is -0.748 e. The number of anilines is 1. The van der Waals surface area contributed by atoms with Crippen LogP contribution in [-0.2, 0) is 26.8 Å². The number of hydrogen-bond acceptors (Lipinski definition) is 8. The zero-order valence-corrected chi connectivity index (χ0v) is 25.4. The lowest BCUT2D eigenvalue weighted by Crippen LogP contribution is -2.35. The first-order valence-corrected chi connectivity index (χ1v) is 16.9. The molecule has 3 aromatic rings. The minimum atomic E-state index is -4.30. The largest absolute Gasteiger partial charge is 0.748 e. The molecule has 0 spiro atoms. The molecule has 2 heterocycles. The molecule has 0 saturated heterocycles. The Morgan fingerprint density at radius 1 is 1.02 bits per heavy atom. The van der Waals surface area contributed by atoms with Gasteiger partial charge in [0.2, 0.25) is 11.5 Å². The minimum absolute atomic E-state index is 0.209. The van der Waals surface area contributed by atoms with Crippen molar-refractivity contribution in [2.45, 2.75) is 45.6 Å². The molecule has 1 aromatic heterocycles. The van der Waals surface area contributed by atoms with E-state index in [-0.39, 0.29) is 18.6 Å². The predicted octanol–water partition coefficient (Wildman–Crippen LogP) is 5.55. The zero-order valence-electron chi connectivity index (χ0n) is 22.3. The maximum Gasteiger partial charge on any atom is 0.374 e. The summed E-state index contributed by atoms with van der Waals surface area (Å²) in [5.74, 6) is 0.858. The van der Waals surface area contributed by atoms with Crippen molar-refractivity contribution >= 4 is 66.3 Å². The van der Waals surface area contributed by atoms with Gasteiger partial charge in [0.25, 0.3) is 15.6 Å². The van der Waals surface area contributed by atoms with Crippen LogP contribution in [0.2, 0.25) is 10.0 Å². The fraction of sp³-hybridized carbons (Fsp3) is 0.370. The zero-order chi connectivity index (χ0) is 29.8. The second kappa shape index (κ2) is 13.1. The van der Waals surface area contributed by atoms with E-state index in [9.17, 15) is 21.4 Å². The summed E-state index contributed by atoms with van der Waals surface area (Å²) in [6.45, 7) is 2.81. The average molecular weight is 646 g/mol. The van der Waals surface area contributed by atoms with Gasteiger partial charge in [0.05, 0.1) is 27.6 Å². The first kappa shape index (κ1) is 31.3. The first-order chi connectivity index (χ1) is 19.3. The van der Waals surface area contributed by atoms with E-state index in [1.165, 1.54) is 0 Å². The Kier molecular flexibility index (Phi) is 10.0. The lowest BCUT2D eigenvalue weighted by Gasteiger charge is -2.19. The van der Waals surface area contributed by atoms with E-state index in [0.717, 1.165) is 16.8 Å². The third-order valence-electron chi connectivity index (χ3n) is 6.47. The molecular weight excluding hydrogens is 615 g/mol. The van der Waals surface area contributed by atoms with Crippen LogP contribution in [0.5, 0.6) is 5.75 Å². The van der Waals surface area contributed by atoms with Gasteiger partial charge in [-0.25, -0.2) is 8.42 Å². The number of halogens is 2. The van der Waals surface area contributed by atoms with Crippen molar-refractivity contribution < 1.29 is 39.7 Å². The Labute approximate surface area is 249 Å². The highest BCUT2D eigenvalue weighted by Crippen LogP contribution is 2.41. The Morgan fingerprint density at radius 2 is 1.73 bits per heavy atom. The highest BCUT2D eigenvalue weighted by molar-refractivity contribution is 7.85. The number of nitrogens with zero attached hydrogens (tertiary/aromatic N) is 2. The molecule has 0 saturated carbocycles. The number of benzene rings is 2. The fourth-order valence-electron chi connectivity index (χ4n) is 4.49. The molecule has 10 nitrogen and oxygen atoms in total. The number of unbranched alkanes of at least 4 members (excludes halogenated alkanes) is 2. The lowest BCUT2D eigenvalue weighted by molar-refractivity contribution is -0.678. The van der Waals surface area contributed by atoms with Crippen LogP contribution in [0.3, 0.4) is 0 Å². The van der Waals surface area contributed by atoms with Crippen LogP contribution in [0.4, 0.5) is 5.69 Å². The van der Waals surface area contributed by atoms with E-state index in [4.69, 9.17) is 36.9 Å². The molecule has 41 heavy (non-hydrogen) atoms. The number of aromatic nitrogens is 1. The number of allylic oxidation sites excluding steroid dienone is 2. The summed E-state index contributed by atoms with van der Waals surface area (Å²) in [5.41, 5.74) is 2.93. The number of oxazole rings is 1. The molecule has 0 aliphatic carbocycles. The third-order valence-corrected chi connectivity index (χ3v) is 8.53. The third kappa shape index (κ3) is 8.69. The maximum absolute atomic E-state index is 11.2. The van der Waals surface area contributed by atoms with Gasteiger partial charge < -0.3 is 18.6 Å². The molecule has 1 aliphatic heterocycles. The Morgan fingerprint density at radius 3 is 2.44 bits per heavy atom. The van der Waals surface area contributed by atoms with Gasteiger partial charge >= 0.3 is 5.89 Å². The van der Waals surface area contributed by atoms with E-state index in [2.05, 4.69) is 0 Å². The van der Waals surface area contributed by atoms with Crippen LogP contribution >= 0.6 is 23.2 Å². The topological polar surface area (TPSA) is 141 Å². The van der Waals surface area contributed by atoms with Crippen LogP contribution in [0, 0.1) is 0 Å². The van der Waals surface area contributed by atoms with E-state index in [1.54, 1.807) is 36.4 Å². The molecule has 1 aliphatic rings. The standard InChI is InChI=1S/C27H30Cl2N2O8S2/c1-2-19(15-26-30(11-3-5-13-40(32,33)34)22-17-20(28)7-9-24(22)38-26)16-27-31(12-4-6-14-41(35,36)37)23-18-21(29)8-10-25(23)39-27/h7-10,15-18H,2-6,11-14H2,1H3,(H-,32,33,34,35,36,37). The fourth-order valence-corrected chi connectivity index (χ4v) is 5.95. The number of fused-ring (bicyclic) bond motifs is 2. The average Bonchev–Trinajstić information content (AvgIpc) is 3.39. The summed E-state index contributed by atoms with van der Waals surface area (Å²) >= 11 is 12.5. The number of aryl methyl sites for hydroxylation is 1. The second-order valence-electron chi connectivity index (χ2n) is 9.59. The number of hydrogen-bond donors (Lipinski definition) is 1. The van der Waals surface area contributed by atoms with Crippen LogP contribution in [0.15, 0.2) is 58.3 Å². The molecule has 0 atom stereocenters. The summed E-state index contributed by atoms with van der Waals surface area (Å²) in [6.07, 6.45) is 5.72. The van der Waals surface area contributed by atoms with Gasteiger partial charge in [-0.15, -0.1) is 0 Å². The van der Waals surface area contributed by atoms with Gasteiger partial charge in [-0.1, -0.05) is 30.1 Å². The first-order valence-electron chi connectivity index (χ1n) is 13.0. The second-order valence-corrected chi connectivity index (χ2v) is 13.6. The van der Waals surface area contributed by atoms with Gasteiger partial charge in [-0.2, -0.15) is 13.0 Å². The van der Waals surface area contributed by atoms with E-state index < -0.39 is 26.0 Å². The maximum atomic E-state index is 11.2. The molecule has 0 unspecified atom stereocenters. The highest BCUT2D eigenvalue weighted by Gasteiger charge is 2.27. The summed E-state index contributed by atoms with van der Waals surface area (Å²) in [6, 6.07) is 10.5. The van der Waals surface area contributed by atoms with E-state index in [0.29, 0.717) is 65.5 Å². The Hall–Kier alpha value is -2.61. The monoisotopic (exact) mass is 644 g/mol. The van der Waals surface area contributed by atoms with Crippen molar-refractivity contribution in [3.05, 3.63) is 69.9 Å². The van der Waals surface area contributed by atoms with E-state index >= 15 is 0 Å².